The molecule has 1 aromatic rings. The molecule has 1 unspecified atom stereocenters. The van der Waals surface area contributed by atoms with Crippen LogP contribution in [0.1, 0.15) is 19.8 Å². The zero-order valence-corrected chi connectivity index (χ0v) is 14.1. The lowest BCUT2D eigenvalue weighted by Gasteiger charge is -2.18. The quantitative estimate of drug-likeness (QED) is 0.783. The van der Waals surface area contributed by atoms with Crippen LogP contribution in [0.5, 0.6) is 0 Å². The van der Waals surface area contributed by atoms with Crippen molar-refractivity contribution in [1.29, 1.82) is 0 Å². The summed E-state index contributed by atoms with van der Waals surface area (Å²) in [6, 6.07) is 2.38. The number of hydrogen-bond donors (Lipinski definition) is 1. The van der Waals surface area contributed by atoms with Gasteiger partial charge in [0.15, 0.2) is 0 Å². The highest BCUT2D eigenvalue weighted by Gasteiger charge is 2.48. The summed E-state index contributed by atoms with van der Waals surface area (Å²) in [5, 5.41) is 2.75. The van der Waals surface area contributed by atoms with Gasteiger partial charge >= 0.3 is 5.51 Å². The lowest BCUT2D eigenvalue weighted by atomic mass is 10.1. The van der Waals surface area contributed by atoms with Crippen molar-refractivity contribution in [2.45, 2.75) is 30.2 Å². The normalized spacial score (nSPS) is 19.6. The molecule has 1 aromatic carbocycles. The largest absolute Gasteiger partial charge is 0.501 e. The van der Waals surface area contributed by atoms with Crippen LogP contribution in [0.15, 0.2) is 23.1 Å². The van der Waals surface area contributed by atoms with Gasteiger partial charge in [-0.1, -0.05) is 6.92 Å². The first kappa shape index (κ1) is 19.0. The molecule has 1 saturated heterocycles. The van der Waals surface area contributed by atoms with Crippen LogP contribution in [0.3, 0.4) is 0 Å². The summed E-state index contributed by atoms with van der Waals surface area (Å²) in [4.78, 5) is 1.18. The molecule has 0 saturated carbocycles. The minimum absolute atomic E-state index is 0.211. The van der Waals surface area contributed by atoms with Crippen molar-refractivity contribution in [3.8, 4) is 0 Å². The molecule has 0 radical (unpaired) electrons. The number of halogens is 4. The first-order valence-corrected chi connectivity index (χ1v) is 9.20. The van der Waals surface area contributed by atoms with E-state index in [1.807, 2.05) is 0 Å². The Kier molecular flexibility index (Phi) is 5.74. The number of sulfone groups is 1. The molecule has 136 valence electrons. The Bertz CT molecular complexity index is 677. The van der Waals surface area contributed by atoms with E-state index in [4.69, 9.17) is 0 Å². The highest BCUT2D eigenvalue weighted by molar-refractivity contribution is 7.92. The van der Waals surface area contributed by atoms with Gasteiger partial charge < -0.3 is 10.2 Å². The molecule has 1 atom stereocenters. The van der Waals surface area contributed by atoms with Crippen LogP contribution >= 0.6 is 0 Å². The Hall–Kier alpha value is -1.35. The minimum atomic E-state index is -5.61. The fraction of sp³-hybridized carbons (Fsp3) is 0.600. The summed E-state index contributed by atoms with van der Waals surface area (Å²) >= 11 is 0. The first-order chi connectivity index (χ1) is 11.1. The average Bonchev–Trinajstić information content (AvgIpc) is 2.93. The van der Waals surface area contributed by atoms with Gasteiger partial charge in [0.05, 0.1) is 5.69 Å². The number of likely N-dealkylation sites (tertiary alicyclic amines) is 1. The van der Waals surface area contributed by atoms with Gasteiger partial charge in [-0.2, -0.15) is 13.2 Å². The predicted molar refractivity (Wildman–Crippen MR) is 83.0 cm³/mol. The van der Waals surface area contributed by atoms with Crippen LogP contribution in [0, 0.1) is 11.7 Å². The van der Waals surface area contributed by atoms with Crippen molar-refractivity contribution in [1.82, 2.24) is 4.90 Å². The van der Waals surface area contributed by atoms with E-state index in [0.717, 1.165) is 44.6 Å². The fourth-order valence-corrected chi connectivity index (χ4v) is 3.79. The summed E-state index contributed by atoms with van der Waals surface area (Å²) < 4.78 is 74.8. The van der Waals surface area contributed by atoms with E-state index in [0.29, 0.717) is 12.6 Å². The number of hydrogen-bond acceptors (Lipinski definition) is 4. The third kappa shape index (κ3) is 4.18. The molecule has 0 amide bonds. The number of alkyl halides is 3. The summed E-state index contributed by atoms with van der Waals surface area (Å²) in [7, 11) is -5.61. The molecule has 2 rings (SSSR count). The van der Waals surface area contributed by atoms with Gasteiger partial charge in [-0.25, -0.2) is 12.8 Å². The Labute approximate surface area is 138 Å². The standard InChI is InChI=1S/C15H20F4N2O2S/c1-2-6-21-7-5-11(10-21)9-20-13-4-3-12(16)8-14(13)24(22,23)15(17,18)19/h3-4,8,11,20H,2,5-7,9-10H2,1H3. The SMILES string of the molecule is CCCN1CCC(CNc2ccc(F)cc2S(=O)(=O)C(F)(F)F)C1. The first-order valence-electron chi connectivity index (χ1n) is 7.72. The van der Waals surface area contributed by atoms with Gasteiger partial charge in [0.25, 0.3) is 9.84 Å². The van der Waals surface area contributed by atoms with E-state index in [2.05, 4.69) is 17.1 Å². The maximum Gasteiger partial charge on any atom is 0.501 e. The highest BCUT2D eigenvalue weighted by atomic mass is 32.2. The van der Waals surface area contributed by atoms with E-state index < -0.39 is 26.1 Å². The summed E-state index contributed by atoms with van der Waals surface area (Å²) in [6.45, 7) is 5.09. The highest BCUT2D eigenvalue weighted by Crippen LogP contribution is 2.35. The van der Waals surface area contributed by atoms with E-state index in [-0.39, 0.29) is 11.6 Å². The Morgan fingerprint density at radius 3 is 2.67 bits per heavy atom. The third-order valence-electron chi connectivity index (χ3n) is 4.03. The number of nitrogens with zero attached hydrogens (tertiary/aromatic N) is 1. The topological polar surface area (TPSA) is 49.4 Å². The number of benzene rings is 1. The molecular formula is C15H20F4N2O2S. The van der Waals surface area contributed by atoms with E-state index in [1.54, 1.807) is 0 Å². The van der Waals surface area contributed by atoms with E-state index >= 15 is 0 Å². The van der Waals surface area contributed by atoms with Gasteiger partial charge in [-0.3, -0.25) is 0 Å². The van der Waals surface area contributed by atoms with Crippen LogP contribution in [0.4, 0.5) is 23.2 Å². The molecule has 0 aromatic heterocycles. The molecular weight excluding hydrogens is 348 g/mol. The monoisotopic (exact) mass is 368 g/mol. The molecule has 1 heterocycles. The fourth-order valence-electron chi connectivity index (χ4n) is 2.84. The van der Waals surface area contributed by atoms with Crippen LogP contribution in [0.25, 0.3) is 0 Å². The van der Waals surface area contributed by atoms with Gasteiger partial charge in [-0.15, -0.1) is 0 Å². The summed E-state index contributed by atoms with van der Waals surface area (Å²) in [5.41, 5.74) is -5.69. The van der Waals surface area contributed by atoms with Crippen LogP contribution in [-0.2, 0) is 9.84 Å². The predicted octanol–water partition coefficient (Wildman–Crippen LogP) is 3.26. The maximum absolute atomic E-state index is 13.3. The second-order valence-corrected chi connectivity index (χ2v) is 7.84. The van der Waals surface area contributed by atoms with E-state index in [1.165, 1.54) is 0 Å². The molecule has 9 heteroatoms. The minimum Gasteiger partial charge on any atom is -0.384 e. The smallest absolute Gasteiger partial charge is 0.384 e. The molecule has 24 heavy (non-hydrogen) atoms. The Morgan fingerprint density at radius 1 is 1.33 bits per heavy atom. The molecule has 1 aliphatic rings. The van der Waals surface area contributed by atoms with Gasteiger partial charge in [0, 0.05) is 13.1 Å². The van der Waals surface area contributed by atoms with Crippen LogP contribution < -0.4 is 5.32 Å². The Balaban J connectivity index is 2.14. The number of rotatable bonds is 6. The maximum atomic E-state index is 13.3. The zero-order valence-electron chi connectivity index (χ0n) is 13.2. The second-order valence-electron chi connectivity index (χ2n) is 5.93. The van der Waals surface area contributed by atoms with E-state index in [9.17, 15) is 26.0 Å². The molecule has 0 aliphatic carbocycles. The van der Waals surface area contributed by atoms with Crippen molar-refractivity contribution < 1.29 is 26.0 Å². The van der Waals surface area contributed by atoms with Crippen molar-refractivity contribution >= 4 is 15.5 Å². The van der Waals surface area contributed by atoms with Gasteiger partial charge in [-0.05, 0) is 50.0 Å². The molecule has 1 N–H and O–H groups in total. The van der Waals surface area contributed by atoms with Crippen LogP contribution in [-0.4, -0.2) is 45.0 Å². The third-order valence-corrected chi connectivity index (χ3v) is 5.56. The van der Waals surface area contributed by atoms with Crippen molar-refractivity contribution in [2.24, 2.45) is 5.92 Å². The van der Waals surface area contributed by atoms with Crippen LogP contribution in [0.2, 0.25) is 0 Å². The molecule has 0 bridgehead atoms. The molecule has 1 aliphatic heterocycles. The zero-order chi connectivity index (χ0) is 18.0. The second kappa shape index (κ2) is 7.26. The number of nitrogens with one attached hydrogen (secondary N) is 1. The molecule has 4 nitrogen and oxygen atoms in total. The van der Waals surface area contributed by atoms with Crippen molar-refractivity contribution in [3.05, 3.63) is 24.0 Å². The summed E-state index contributed by atoms with van der Waals surface area (Å²) in [5.74, 6) is -0.818. The van der Waals surface area contributed by atoms with Crippen molar-refractivity contribution in [2.75, 3.05) is 31.5 Å². The average molecular weight is 368 g/mol. The Morgan fingerprint density at radius 2 is 2.04 bits per heavy atom. The number of anilines is 1. The van der Waals surface area contributed by atoms with Gasteiger partial charge in [0.2, 0.25) is 0 Å². The van der Waals surface area contributed by atoms with Gasteiger partial charge in [0.1, 0.15) is 10.7 Å². The molecule has 0 spiro atoms. The molecule has 1 fully saturated rings. The van der Waals surface area contributed by atoms with Crippen molar-refractivity contribution in [3.63, 3.8) is 0 Å². The lowest BCUT2D eigenvalue weighted by molar-refractivity contribution is -0.0435. The summed E-state index contributed by atoms with van der Waals surface area (Å²) in [6.07, 6.45) is 1.90. The lowest BCUT2D eigenvalue weighted by Crippen LogP contribution is -2.26.